The summed E-state index contributed by atoms with van der Waals surface area (Å²) in [6, 6.07) is 3.19. The number of nitrogens with one attached hydrogen (secondary N) is 1. The molecule has 0 aliphatic carbocycles. The number of thiophene rings is 1. The molecule has 1 aliphatic heterocycles. The quantitative estimate of drug-likeness (QED) is 0.882. The van der Waals surface area contributed by atoms with Gasteiger partial charge in [-0.05, 0) is 31.2 Å². The van der Waals surface area contributed by atoms with Crippen molar-refractivity contribution >= 4 is 23.3 Å². The van der Waals surface area contributed by atoms with Crippen molar-refractivity contribution in [3.05, 3.63) is 22.4 Å². The highest BCUT2D eigenvalue weighted by molar-refractivity contribution is 7.10. The second kappa shape index (κ2) is 7.42. The van der Waals surface area contributed by atoms with Crippen LogP contribution in [-0.4, -0.2) is 42.6 Å². The number of nitrogens with two attached hydrogens (primary N) is 1. The number of piperidine rings is 1. The molecule has 0 radical (unpaired) electrons. The number of hydrogen-bond acceptors (Lipinski definition) is 5. The molecule has 3 N–H and O–H groups in total. The first-order valence-electron chi connectivity index (χ1n) is 7.13. The van der Waals surface area contributed by atoms with Crippen LogP contribution in [0.4, 0.5) is 4.79 Å². The summed E-state index contributed by atoms with van der Waals surface area (Å²) in [5.74, 6) is -0.160. The maximum Gasteiger partial charge on any atom is 0.409 e. The molecule has 1 aromatic rings. The topological polar surface area (TPSA) is 84.7 Å². The van der Waals surface area contributed by atoms with Crippen LogP contribution >= 0.6 is 11.3 Å². The lowest BCUT2D eigenvalue weighted by Gasteiger charge is -2.32. The lowest BCUT2D eigenvalue weighted by molar-refractivity contribution is -0.123. The van der Waals surface area contributed by atoms with E-state index < -0.39 is 6.04 Å². The summed E-state index contributed by atoms with van der Waals surface area (Å²) >= 11 is 1.48. The number of hydrogen-bond donors (Lipinski definition) is 2. The molecule has 1 unspecified atom stereocenters. The Morgan fingerprint density at radius 3 is 2.81 bits per heavy atom. The Kier molecular flexibility index (Phi) is 5.58. The third-order valence-corrected chi connectivity index (χ3v) is 4.45. The van der Waals surface area contributed by atoms with E-state index in [0.29, 0.717) is 19.7 Å². The van der Waals surface area contributed by atoms with Crippen LogP contribution in [0, 0.1) is 0 Å². The number of likely N-dealkylation sites (tertiary alicyclic amines) is 1. The lowest BCUT2D eigenvalue weighted by Crippen LogP contribution is -2.48. The normalized spacial score (nSPS) is 17.3. The van der Waals surface area contributed by atoms with Gasteiger partial charge in [0.25, 0.3) is 0 Å². The number of carbonyl (C=O) groups is 2. The van der Waals surface area contributed by atoms with E-state index in [1.54, 1.807) is 11.8 Å². The van der Waals surface area contributed by atoms with Gasteiger partial charge in [-0.3, -0.25) is 4.79 Å². The summed E-state index contributed by atoms with van der Waals surface area (Å²) in [6.45, 7) is 3.36. The van der Waals surface area contributed by atoms with Gasteiger partial charge in [0.2, 0.25) is 5.91 Å². The average molecular weight is 311 g/mol. The van der Waals surface area contributed by atoms with Crippen LogP contribution in [0.15, 0.2) is 17.5 Å². The van der Waals surface area contributed by atoms with Crippen molar-refractivity contribution in [2.24, 2.45) is 5.73 Å². The molecule has 2 rings (SSSR count). The van der Waals surface area contributed by atoms with Crippen molar-refractivity contribution in [3.63, 3.8) is 0 Å². The first-order chi connectivity index (χ1) is 10.1. The summed E-state index contributed by atoms with van der Waals surface area (Å²) in [5.41, 5.74) is 5.93. The van der Waals surface area contributed by atoms with Crippen LogP contribution in [0.5, 0.6) is 0 Å². The molecule has 1 saturated heterocycles. The zero-order valence-electron chi connectivity index (χ0n) is 12.1. The van der Waals surface area contributed by atoms with Gasteiger partial charge in [0.1, 0.15) is 6.04 Å². The summed E-state index contributed by atoms with van der Waals surface area (Å²) in [5, 5.41) is 4.87. The van der Waals surface area contributed by atoms with Crippen molar-refractivity contribution in [1.29, 1.82) is 0 Å². The van der Waals surface area contributed by atoms with E-state index >= 15 is 0 Å². The highest BCUT2D eigenvalue weighted by Gasteiger charge is 2.26. The Hall–Kier alpha value is -1.60. The summed E-state index contributed by atoms with van der Waals surface area (Å²) in [4.78, 5) is 26.2. The van der Waals surface area contributed by atoms with Crippen molar-refractivity contribution in [3.8, 4) is 0 Å². The van der Waals surface area contributed by atoms with E-state index in [-0.39, 0.29) is 18.0 Å². The molecule has 21 heavy (non-hydrogen) atoms. The van der Waals surface area contributed by atoms with E-state index in [2.05, 4.69) is 5.32 Å². The Morgan fingerprint density at radius 2 is 2.24 bits per heavy atom. The van der Waals surface area contributed by atoms with Gasteiger partial charge in [-0.15, -0.1) is 11.3 Å². The molecular weight excluding hydrogens is 290 g/mol. The molecule has 1 aliphatic rings. The molecule has 116 valence electrons. The van der Waals surface area contributed by atoms with E-state index in [1.165, 1.54) is 11.3 Å². The van der Waals surface area contributed by atoms with E-state index in [4.69, 9.17) is 10.5 Å². The molecule has 1 aromatic heterocycles. The molecule has 2 heterocycles. The molecule has 7 heteroatoms. The number of ether oxygens (including phenoxy) is 1. The minimum absolute atomic E-state index is 0.0641. The predicted molar refractivity (Wildman–Crippen MR) is 81.0 cm³/mol. The van der Waals surface area contributed by atoms with Gasteiger partial charge in [-0.1, -0.05) is 6.07 Å². The number of nitrogens with zero attached hydrogens (tertiary/aromatic N) is 1. The smallest absolute Gasteiger partial charge is 0.409 e. The number of amides is 2. The standard InChI is InChI=1S/C14H21N3O3S/c1-2-20-14(19)17-7-5-10(6-8-17)16-13(18)12(15)11-4-3-9-21-11/h3-4,9-10,12H,2,5-8,15H2,1H3,(H,16,18). The van der Waals surface area contributed by atoms with Crippen LogP contribution in [-0.2, 0) is 9.53 Å². The van der Waals surface area contributed by atoms with Gasteiger partial charge >= 0.3 is 6.09 Å². The van der Waals surface area contributed by atoms with E-state index in [0.717, 1.165) is 17.7 Å². The molecule has 6 nitrogen and oxygen atoms in total. The van der Waals surface area contributed by atoms with Gasteiger partial charge in [0.15, 0.2) is 0 Å². The third-order valence-electron chi connectivity index (χ3n) is 3.50. The molecule has 1 fully saturated rings. The Balaban J connectivity index is 1.78. The van der Waals surface area contributed by atoms with E-state index in [9.17, 15) is 9.59 Å². The van der Waals surface area contributed by atoms with Gasteiger partial charge in [0, 0.05) is 24.0 Å². The van der Waals surface area contributed by atoms with Crippen LogP contribution in [0.2, 0.25) is 0 Å². The highest BCUT2D eigenvalue weighted by Crippen LogP contribution is 2.18. The fourth-order valence-corrected chi connectivity index (χ4v) is 3.03. The molecular formula is C14H21N3O3S. The second-order valence-corrected chi connectivity index (χ2v) is 5.94. The number of rotatable bonds is 4. The predicted octanol–water partition coefficient (Wildman–Crippen LogP) is 1.49. The third kappa shape index (κ3) is 4.18. The van der Waals surface area contributed by atoms with Crippen LogP contribution < -0.4 is 11.1 Å². The van der Waals surface area contributed by atoms with Crippen LogP contribution in [0.25, 0.3) is 0 Å². The first-order valence-corrected chi connectivity index (χ1v) is 8.00. The largest absolute Gasteiger partial charge is 0.450 e. The zero-order chi connectivity index (χ0) is 15.2. The monoisotopic (exact) mass is 311 g/mol. The summed E-state index contributed by atoms with van der Waals surface area (Å²) < 4.78 is 4.97. The minimum atomic E-state index is -0.618. The van der Waals surface area contributed by atoms with Gasteiger partial charge in [-0.25, -0.2) is 4.79 Å². The molecule has 0 spiro atoms. The lowest BCUT2D eigenvalue weighted by atomic mass is 10.0. The number of carbonyl (C=O) groups excluding carboxylic acids is 2. The maximum atomic E-state index is 12.1. The minimum Gasteiger partial charge on any atom is -0.450 e. The Morgan fingerprint density at radius 1 is 1.52 bits per heavy atom. The van der Waals surface area contributed by atoms with Crippen molar-refractivity contribution < 1.29 is 14.3 Å². The summed E-state index contributed by atoms with van der Waals surface area (Å²) in [7, 11) is 0. The molecule has 2 amide bonds. The molecule has 1 atom stereocenters. The van der Waals surface area contributed by atoms with Crippen molar-refractivity contribution in [1.82, 2.24) is 10.2 Å². The van der Waals surface area contributed by atoms with Crippen LogP contribution in [0.3, 0.4) is 0 Å². The highest BCUT2D eigenvalue weighted by atomic mass is 32.1. The van der Waals surface area contributed by atoms with Crippen LogP contribution in [0.1, 0.15) is 30.7 Å². The first kappa shape index (κ1) is 15.8. The van der Waals surface area contributed by atoms with Gasteiger partial charge in [-0.2, -0.15) is 0 Å². The molecule has 0 aromatic carbocycles. The fourth-order valence-electron chi connectivity index (χ4n) is 2.31. The maximum absolute atomic E-state index is 12.1. The molecule has 0 saturated carbocycles. The zero-order valence-corrected chi connectivity index (χ0v) is 12.9. The fraction of sp³-hybridized carbons (Fsp3) is 0.571. The Labute approximate surface area is 128 Å². The Bertz CT molecular complexity index is 470. The average Bonchev–Trinajstić information content (AvgIpc) is 3.01. The van der Waals surface area contributed by atoms with E-state index in [1.807, 2.05) is 17.5 Å². The van der Waals surface area contributed by atoms with Crippen molar-refractivity contribution in [2.75, 3.05) is 19.7 Å². The van der Waals surface area contributed by atoms with Crippen molar-refractivity contribution in [2.45, 2.75) is 31.8 Å². The molecule has 0 bridgehead atoms. The second-order valence-electron chi connectivity index (χ2n) is 4.96. The van der Waals surface area contributed by atoms with Gasteiger partial charge < -0.3 is 20.7 Å². The van der Waals surface area contributed by atoms with Gasteiger partial charge in [0.05, 0.1) is 6.61 Å². The SMILES string of the molecule is CCOC(=O)N1CCC(NC(=O)C(N)c2cccs2)CC1. The summed E-state index contributed by atoms with van der Waals surface area (Å²) in [6.07, 6.45) is 1.17.